The Kier molecular flexibility index (Phi) is 5.19. The van der Waals surface area contributed by atoms with Gasteiger partial charge < -0.3 is 4.74 Å². The molecule has 0 fully saturated rings. The number of nitrogens with zero attached hydrogens (tertiary/aromatic N) is 1. The van der Waals surface area contributed by atoms with Crippen molar-refractivity contribution in [2.75, 3.05) is 17.6 Å². The van der Waals surface area contributed by atoms with Crippen LogP contribution in [-0.2, 0) is 16.4 Å². The van der Waals surface area contributed by atoms with Gasteiger partial charge in [-0.15, -0.1) is 0 Å². The predicted molar refractivity (Wildman–Crippen MR) is 86.0 cm³/mol. The minimum atomic E-state index is -3.44. The topological polar surface area (TPSA) is 68.3 Å². The molecule has 0 unspecified atom stereocenters. The summed E-state index contributed by atoms with van der Waals surface area (Å²) >= 11 is 3.32. The monoisotopic (exact) mass is 370 g/mol. The minimum absolute atomic E-state index is 0.000658. The van der Waals surface area contributed by atoms with Crippen molar-refractivity contribution in [3.05, 3.63) is 52.8 Å². The molecule has 1 aromatic carbocycles. The average molecular weight is 371 g/mol. The van der Waals surface area contributed by atoms with Crippen molar-refractivity contribution in [3.63, 3.8) is 0 Å². The zero-order chi connectivity index (χ0) is 15.3. The van der Waals surface area contributed by atoms with E-state index in [0.717, 1.165) is 5.56 Å². The summed E-state index contributed by atoms with van der Waals surface area (Å²) < 4.78 is 32.6. The van der Waals surface area contributed by atoms with Crippen LogP contribution in [0.3, 0.4) is 0 Å². The standard InChI is InChI=1S/C14H15BrN2O3S/c1-20-12-2-3-13(15)14(10-12)17-21(18,19)9-6-11-4-7-16-8-5-11/h2-5,7-8,10,17H,6,9H2,1H3. The number of halogens is 1. The van der Waals surface area contributed by atoms with Crippen LogP contribution < -0.4 is 9.46 Å². The second-order valence-corrected chi connectivity index (χ2v) is 7.07. The highest BCUT2D eigenvalue weighted by Gasteiger charge is 2.13. The normalized spacial score (nSPS) is 11.1. The van der Waals surface area contributed by atoms with Gasteiger partial charge in [0.2, 0.25) is 10.0 Å². The zero-order valence-corrected chi connectivity index (χ0v) is 13.8. The minimum Gasteiger partial charge on any atom is -0.497 e. The molecular weight excluding hydrogens is 356 g/mol. The highest BCUT2D eigenvalue weighted by Crippen LogP contribution is 2.28. The van der Waals surface area contributed by atoms with E-state index in [1.54, 1.807) is 42.7 Å². The van der Waals surface area contributed by atoms with E-state index in [1.807, 2.05) is 0 Å². The molecule has 7 heteroatoms. The van der Waals surface area contributed by atoms with Crippen LogP contribution >= 0.6 is 15.9 Å². The number of aryl methyl sites for hydroxylation is 1. The van der Waals surface area contributed by atoms with E-state index < -0.39 is 10.0 Å². The molecule has 0 amide bonds. The summed E-state index contributed by atoms with van der Waals surface area (Å²) in [4.78, 5) is 3.90. The van der Waals surface area contributed by atoms with E-state index in [-0.39, 0.29) is 5.75 Å². The number of hydrogen-bond acceptors (Lipinski definition) is 4. The van der Waals surface area contributed by atoms with Crippen molar-refractivity contribution in [3.8, 4) is 5.75 Å². The summed E-state index contributed by atoms with van der Waals surface area (Å²) in [6.07, 6.45) is 3.72. The van der Waals surface area contributed by atoms with Crippen LogP contribution in [0.25, 0.3) is 0 Å². The van der Waals surface area contributed by atoms with Crippen molar-refractivity contribution in [2.24, 2.45) is 0 Å². The predicted octanol–water partition coefficient (Wildman–Crippen LogP) is 2.84. The van der Waals surface area contributed by atoms with Gasteiger partial charge in [-0.1, -0.05) is 0 Å². The summed E-state index contributed by atoms with van der Waals surface area (Å²) in [5.41, 5.74) is 1.39. The molecular formula is C14H15BrN2O3S. The highest BCUT2D eigenvalue weighted by atomic mass is 79.9. The summed E-state index contributed by atoms with van der Waals surface area (Å²) in [5, 5.41) is 0. The van der Waals surface area contributed by atoms with Gasteiger partial charge >= 0.3 is 0 Å². The van der Waals surface area contributed by atoms with Crippen molar-refractivity contribution in [1.29, 1.82) is 0 Å². The molecule has 0 aliphatic rings. The van der Waals surface area contributed by atoms with E-state index in [0.29, 0.717) is 22.3 Å². The van der Waals surface area contributed by atoms with Gasteiger partial charge in [0.25, 0.3) is 0 Å². The van der Waals surface area contributed by atoms with Crippen molar-refractivity contribution >= 4 is 31.6 Å². The summed E-state index contributed by atoms with van der Waals surface area (Å²) in [6, 6.07) is 8.72. The Morgan fingerprint density at radius 3 is 2.62 bits per heavy atom. The Bertz CT molecular complexity index is 705. The van der Waals surface area contributed by atoms with Crippen LogP contribution in [0, 0.1) is 0 Å². The van der Waals surface area contributed by atoms with E-state index >= 15 is 0 Å². The van der Waals surface area contributed by atoms with Gasteiger partial charge in [0.1, 0.15) is 5.75 Å². The molecule has 0 saturated carbocycles. The molecule has 21 heavy (non-hydrogen) atoms. The van der Waals surface area contributed by atoms with Crippen LogP contribution in [0.15, 0.2) is 47.2 Å². The molecule has 1 aromatic heterocycles. The van der Waals surface area contributed by atoms with Gasteiger partial charge in [0, 0.05) is 22.9 Å². The Balaban J connectivity index is 2.07. The Morgan fingerprint density at radius 1 is 1.24 bits per heavy atom. The summed E-state index contributed by atoms with van der Waals surface area (Å²) in [5.74, 6) is 0.589. The van der Waals surface area contributed by atoms with Gasteiger partial charge in [0.05, 0.1) is 18.6 Å². The first-order chi connectivity index (χ1) is 10.00. The molecule has 112 valence electrons. The first-order valence-corrected chi connectivity index (χ1v) is 8.67. The molecule has 0 aliphatic carbocycles. The Morgan fingerprint density at radius 2 is 1.95 bits per heavy atom. The van der Waals surface area contributed by atoms with Crippen molar-refractivity contribution in [1.82, 2.24) is 4.98 Å². The third-order valence-corrected chi connectivity index (χ3v) is 4.81. The number of pyridine rings is 1. The molecule has 2 rings (SSSR count). The molecule has 1 heterocycles. The fraction of sp³-hybridized carbons (Fsp3) is 0.214. The Hall–Kier alpha value is -1.60. The average Bonchev–Trinajstić information content (AvgIpc) is 2.48. The molecule has 0 bridgehead atoms. The van der Waals surface area contributed by atoms with Crippen LogP contribution in [0.2, 0.25) is 0 Å². The SMILES string of the molecule is COc1ccc(Br)c(NS(=O)(=O)CCc2ccncc2)c1. The van der Waals surface area contributed by atoms with E-state index in [2.05, 4.69) is 25.6 Å². The quantitative estimate of drug-likeness (QED) is 0.848. The molecule has 0 saturated heterocycles. The molecule has 0 spiro atoms. The number of nitrogens with one attached hydrogen (secondary N) is 1. The third-order valence-electron chi connectivity index (χ3n) is 2.85. The maximum atomic E-state index is 12.1. The first-order valence-electron chi connectivity index (χ1n) is 6.23. The first kappa shape index (κ1) is 15.8. The Labute approximate surface area is 132 Å². The third kappa shape index (κ3) is 4.71. The largest absolute Gasteiger partial charge is 0.497 e. The van der Waals surface area contributed by atoms with Crippen LogP contribution in [0.1, 0.15) is 5.56 Å². The number of anilines is 1. The van der Waals surface area contributed by atoms with Gasteiger partial charge in [-0.05, 0) is 52.2 Å². The molecule has 1 N–H and O–H groups in total. The number of methoxy groups -OCH3 is 1. The van der Waals surface area contributed by atoms with Gasteiger partial charge in [-0.25, -0.2) is 8.42 Å². The molecule has 0 atom stereocenters. The number of aromatic nitrogens is 1. The number of hydrogen-bond donors (Lipinski definition) is 1. The maximum absolute atomic E-state index is 12.1. The number of rotatable bonds is 6. The van der Waals surface area contributed by atoms with Crippen molar-refractivity contribution < 1.29 is 13.2 Å². The second-order valence-electron chi connectivity index (χ2n) is 4.37. The number of sulfonamides is 1. The zero-order valence-electron chi connectivity index (χ0n) is 11.4. The fourth-order valence-corrected chi connectivity index (χ4v) is 3.32. The number of benzene rings is 1. The molecule has 0 radical (unpaired) electrons. The lowest BCUT2D eigenvalue weighted by molar-refractivity contribution is 0.415. The highest BCUT2D eigenvalue weighted by molar-refractivity contribution is 9.10. The van der Waals surface area contributed by atoms with Gasteiger partial charge in [-0.3, -0.25) is 9.71 Å². The molecule has 2 aromatic rings. The van der Waals surface area contributed by atoms with Crippen LogP contribution in [0.5, 0.6) is 5.75 Å². The van der Waals surface area contributed by atoms with Crippen molar-refractivity contribution in [2.45, 2.75) is 6.42 Å². The summed E-state index contributed by atoms with van der Waals surface area (Å²) in [7, 11) is -1.90. The van der Waals surface area contributed by atoms with E-state index in [1.165, 1.54) is 7.11 Å². The lowest BCUT2D eigenvalue weighted by atomic mass is 10.2. The van der Waals surface area contributed by atoms with Crippen LogP contribution in [-0.4, -0.2) is 26.3 Å². The van der Waals surface area contributed by atoms with E-state index in [4.69, 9.17) is 4.74 Å². The lowest BCUT2D eigenvalue weighted by Gasteiger charge is -2.11. The number of ether oxygens (including phenoxy) is 1. The maximum Gasteiger partial charge on any atom is 0.233 e. The molecule has 5 nitrogen and oxygen atoms in total. The van der Waals surface area contributed by atoms with E-state index in [9.17, 15) is 8.42 Å². The van der Waals surface area contributed by atoms with Gasteiger partial charge in [-0.2, -0.15) is 0 Å². The second kappa shape index (κ2) is 6.91. The fourth-order valence-electron chi connectivity index (χ4n) is 1.73. The smallest absolute Gasteiger partial charge is 0.233 e. The lowest BCUT2D eigenvalue weighted by Crippen LogP contribution is -2.18. The molecule has 0 aliphatic heterocycles. The summed E-state index contributed by atoms with van der Waals surface area (Å²) in [6.45, 7) is 0. The van der Waals surface area contributed by atoms with Gasteiger partial charge in [0.15, 0.2) is 0 Å². The van der Waals surface area contributed by atoms with Crippen LogP contribution in [0.4, 0.5) is 5.69 Å².